The standard InChI is InChI=1S/C9H11NO/c1-7-3-4-9(10-2)8(5-7)6-11/h3-4,6,8H,2,5H2,1H3. The SMILES string of the molecule is C=NC1=CC=C(C)CC1C=O. The van der Waals surface area contributed by atoms with E-state index in [1.54, 1.807) is 0 Å². The van der Waals surface area contributed by atoms with Gasteiger partial charge in [0.05, 0.1) is 11.6 Å². The average Bonchev–Trinajstić information content (AvgIpc) is 2.04. The summed E-state index contributed by atoms with van der Waals surface area (Å²) in [6.45, 7) is 5.41. The molecule has 1 atom stereocenters. The highest BCUT2D eigenvalue weighted by Crippen LogP contribution is 2.23. The maximum absolute atomic E-state index is 10.5. The Labute approximate surface area is 66.3 Å². The minimum atomic E-state index is -0.0718. The van der Waals surface area contributed by atoms with Crippen molar-refractivity contribution in [1.82, 2.24) is 0 Å². The lowest BCUT2D eigenvalue weighted by atomic mass is 9.93. The van der Waals surface area contributed by atoms with Crippen LogP contribution in [0.5, 0.6) is 0 Å². The Morgan fingerprint density at radius 1 is 1.73 bits per heavy atom. The van der Waals surface area contributed by atoms with Crippen LogP contribution in [0.25, 0.3) is 0 Å². The number of aldehydes is 1. The zero-order valence-electron chi connectivity index (χ0n) is 6.58. The molecule has 0 saturated carbocycles. The van der Waals surface area contributed by atoms with Gasteiger partial charge in [-0.3, -0.25) is 4.99 Å². The number of hydrogen-bond donors (Lipinski definition) is 0. The van der Waals surface area contributed by atoms with Crippen molar-refractivity contribution in [3.05, 3.63) is 23.4 Å². The zero-order valence-corrected chi connectivity index (χ0v) is 6.58. The van der Waals surface area contributed by atoms with Crippen LogP contribution in [0.2, 0.25) is 0 Å². The first kappa shape index (κ1) is 7.92. The van der Waals surface area contributed by atoms with Crippen molar-refractivity contribution >= 4 is 13.0 Å². The zero-order chi connectivity index (χ0) is 8.27. The van der Waals surface area contributed by atoms with Crippen molar-refractivity contribution < 1.29 is 4.79 Å². The van der Waals surface area contributed by atoms with Crippen LogP contribution in [-0.2, 0) is 4.79 Å². The monoisotopic (exact) mass is 149 g/mol. The van der Waals surface area contributed by atoms with Gasteiger partial charge in [-0.25, -0.2) is 0 Å². The number of allylic oxidation sites excluding steroid dienone is 4. The third-order valence-electron chi connectivity index (χ3n) is 1.81. The number of rotatable bonds is 2. The van der Waals surface area contributed by atoms with Gasteiger partial charge in [0.1, 0.15) is 6.29 Å². The van der Waals surface area contributed by atoms with Gasteiger partial charge in [0, 0.05) is 0 Å². The normalized spacial score (nSPS) is 23.5. The van der Waals surface area contributed by atoms with Gasteiger partial charge in [-0.05, 0) is 26.1 Å². The first-order chi connectivity index (χ1) is 5.27. The predicted molar refractivity (Wildman–Crippen MR) is 45.6 cm³/mol. The van der Waals surface area contributed by atoms with Crippen molar-refractivity contribution in [2.45, 2.75) is 13.3 Å². The number of aliphatic imine (C=N–C) groups is 1. The van der Waals surface area contributed by atoms with E-state index < -0.39 is 0 Å². The topological polar surface area (TPSA) is 29.4 Å². The van der Waals surface area contributed by atoms with Crippen LogP contribution >= 0.6 is 0 Å². The third kappa shape index (κ3) is 1.64. The molecule has 0 fully saturated rings. The second-order valence-corrected chi connectivity index (χ2v) is 2.71. The van der Waals surface area contributed by atoms with E-state index in [-0.39, 0.29) is 5.92 Å². The fourth-order valence-electron chi connectivity index (χ4n) is 1.16. The molecule has 0 aromatic carbocycles. The van der Waals surface area contributed by atoms with Crippen LogP contribution in [0.4, 0.5) is 0 Å². The average molecular weight is 149 g/mol. The van der Waals surface area contributed by atoms with E-state index in [4.69, 9.17) is 0 Å². The fraction of sp³-hybridized carbons (Fsp3) is 0.333. The largest absolute Gasteiger partial charge is 0.303 e. The summed E-state index contributed by atoms with van der Waals surface area (Å²) in [6, 6.07) is 0. The molecule has 1 rings (SSSR count). The molecule has 11 heavy (non-hydrogen) atoms. The fourth-order valence-corrected chi connectivity index (χ4v) is 1.16. The summed E-state index contributed by atoms with van der Waals surface area (Å²) in [5.41, 5.74) is 2.00. The Kier molecular flexibility index (Phi) is 2.36. The first-order valence-electron chi connectivity index (χ1n) is 3.57. The molecular weight excluding hydrogens is 138 g/mol. The van der Waals surface area contributed by atoms with Crippen LogP contribution in [0.15, 0.2) is 28.4 Å². The number of nitrogens with zero attached hydrogens (tertiary/aromatic N) is 1. The molecule has 0 radical (unpaired) electrons. The smallest absolute Gasteiger partial charge is 0.129 e. The lowest BCUT2D eigenvalue weighted by Crippen LogP contribution is -2.07. The van der Waals surface area contributed by atoms with Crippen molar-refractivity contribution in [2.75, 3.05) is 0 Å². The summed E-state index contributed by atoms with van der Waals surface area (Å²) in [6.07, 6.45) is 5.54. The highest BCUT2D eigenvalue weighted by molar-refractivity contribution is 5.61. The molecule has 0 N–H and O–H groups in total. The molecule has 1 aliphatic carbocycles. The second kappa shape index (κ2) is 3.28. The molecule has 2 nitrogen and oxygen atoms in total. The van der Waals surface area contributed by atoms with Gasteiger partial charge in [0.25, 0.3) is 0 Å². The molecule has 0 heterocycles. The Hall–Kier alpha value is -1.18. The molecule has 0 aromatic rings. The minimum Gasteiger partial charge on any atom is -0.303 e. The molecule has 58 valence electrons. The molecule has 0 saturated heterocycles. The summed E-state index contributed by atoms with van der Waals surface area (Å²) < 4.78 is 0. The summed E-state index contributed by atoms with van der Waals surface area (Å²) >= 11 is 0. The van der Waals surface area contributed by atoms with Gasteiger partial charge in [-0.2, -0.15) is 0 Å². The van der Waals surface area contributed by atoms with E-state index in [1.807, 2.05) is 19.1 Å². The highest BCUT2D eigenvalue weighted by atomic mass is 16.1. The molecule has 2 heteroatoms. The predicted octanol–water partition coefficient (Wildman–Crippen LogP) is 1.74. The van der Waals surface area contributed by atoms with Crippen molar-refractivity contribution in [2.24, 2.45) is 10.9 Å². The molecule has 0 aromatic heterocycles. The van der Waals surface area contributed by atoms with Gasteiger partial charge in [0.15, 0.2) is 0 Å². The van der Waals surface area contributed by atoms with Crippen LogP contribution in [0, 0.1) is 5.92 Å². The van der Waals surface area contributed by atoms with E-state index in [1.165, 1.54) is 5.57 Å². The van der Waals surface area contributed by atoms with Crippen molar-refractivity contribution in [1.29, 1.82) is 0 Å². The van der Waals surface area contributed by atoms with Gasteiger partial charge in [-0.1, -0.05) is 11.6 Å². The van der Waals surface area contributed by atoms with Gasteiger partial charge >= 0.3 is 0 Å². The van der Waals surface area contributed by atoms with Gasteiger partial charge in [-0.15, -0.1) is 0 Å². The van der Waals surface area contributed by atoms with Gasteiger partial charge in [0.2, 0.25) is 0 Å². The Balaban J connectivity index is 2.87. The molecule has 0 bridgehead atoms. The van der Waals surface area contributed by atoms with Crippen LogP contribution in [0.3, 0.4) is 0 Å². The summed E-state index contributed by atoms with van der Waals surface area (Å²) in [5, 5.41) is 0. The molecule has 0 aliphatic heterocycles. The number of hydrogen-bond acceptors (Lipinski definition) is 2. The third-order valence-corrected chi connectivity index (χ3v) is 1.81. The van der Waals surface area contributed by atoms with E-state index in [0.717, 1.165) is 18.4 Å². The molecule has 0 spiro atoms. The quantitative estimate of drug-likeness (QED) is 0.434. The lowest BCUT2D eigenvalue weighted by Gasteiger charge is -2.14. The minimum absolute atomic E-state index is 0.0718. The molecule has 1 unspecified atom stereocenters. The van der Waals surface area contributed by atoms with Crippen molar-refractivity contribution in [3.8, 4) is 0 Å². The van der Waals surface area contributed by atoms with Crippen molar-refractivity contribution in [3.63, 3.8) is 0 Å². The Morgan fingerprint density at radius 3 is 3.00 bits per heavy atom. The number of carbonyl (C=O) groups is 1. The van der Waals surface area contributed by atoms with Crippen LogP contribution in [0.1, 0.15) is 13.3 Å². The van der Waals surface area contributed by atoms with Crippen LogP contribution < -0.4 is 0 Å². The lowest BCUT2D eigenvalue weighted by molar-refractivity contribution is -0.110. The van der Waals surface area contributed by atoms with E-state index in [0.29, 0.717) is 0 Å². The first-order valence-corrected chi connectivity index (χ1v) is 3.57. The van der Waals surface area contributed by atoms with E-state index in [9.17, 15) is 4.79 Å². The van der Waals surface area contributed by atoms with E-state index >= 15 is 0 Å². The van der Waals surface area contributed by atoms with E-state index in [2.05, 4.69) is 11.7 Å². The molecule has 1 aliphatic rings. The second-order valence-electron chi connectivity index (χ2n) is 2.71. The molecule has 0 amide bonds. The Bertz CT molecular complexity index is 238. The van der Waals surface area contributed by atoms with Crippen LogP contribution in [-0.4, -0.2) is 13.0 Å². The Morgan fingerprint density at radius 2 is 2.45 bits per heavy atom. The highest BCUT2D eigenvalue weighted by Gasteiger charge is 2.15. The van der Waals surface area contributed by atoms with Gasteiger partial charge < -0.3 is 4.79 Å². The maximum Gasteiger partial charge on any atom is 0.129 e. The summed E-state index contributed by atoms with van der Waals surface area (Å²) in [5.74, 6) is -0.0718. The summed E-state index contributed by atoms with van der Waals surface area (Å²) in [4.78, 5) is 14.3. The summed E-state index contributed by atoms with van der Waals surface area (Å²) in [7, 11) is 0. The number of carbonyl (C=O) groups excluding carboxylic acids is 1. The maximum atomic E-state index is 10.5. The molecular formula is C9H11NO.